The van der Waals surface area contributed by atoms with E-state index in [9.17, 15) is 4.79 Å². The number of rotatable bonds is 5. The van der Waals surface area contributed by atoms with Gasteiger partial charge in [0.15, 0.2) is 5.82 Å². The maximum atomic E-state index is 12.1. The van der Waals surface area contributed by atoms with Crippen LogP contribution in [0.5, 0.6) is 0 Å². The molecule has 2 aliphatic heterocycles. The predicted molar refractivity (Wildman–Crippen MR) is 115 cm³/mol. The molecule has 3 heterocycles. The van der Waals surface area contributed by atoms with Crippen LogP contribution >= 0.6 is 0 Å². The lowest BCUT2D eigenvalue weighted by atomic mass is 9.99. The Bertz CT molecular complexity index is 837. The molecule has 0 bridgehead atoms. The Morgan fingerprint density at radius 2 is 2.00 bits per heavy atom. The highest BCUT2D eigenvalue weighted by atomic mass is 16.2. The van der Waals surface area contributed by atoms with E-state index in [0.29, 0.717) is 0 Å². The summed E-state index contributed by atoms with van der Waals surface area (Å²) in [6.07, 6.45) is 5.12. The highest BCUT2D eigenvalue weighted by molar-refractivity contribution is 5.73. The van der Waals surface area contributed by atoms with E-state index < -0.39 is 0 Å². The van der Waals surface area contributed by atoms with Gasteiger partial charge in [-0.1, -0.05) is 30.3 Å². The van der Waals surface area contributed by atoms with Crippen LogP contribution in [0.15, 0.2) is 30.3 Å². The lowest BCUT2D eigenvalue weighted by molar-refractivity contribution is -0.132. The second kappa shape index (κ2) is 8.91. The van der Waals surface area contributed by atoms with E-state index in [1.54, 1.807) is 6.92 Å². The fraction of sp³-hybridized carbons (Fsp3) is 0.522. The van der Waals surface area contributed by atoms with Crippen molar-refractivity contribution >= 4 is 11.7 Å². The summed E-state index contributed by atoms with van der Waals surface area (Å²) in [5.74, 6) is 1.85. The molecule has 0 saturated carbocycles. The summed E-state index contributed by atoms with van der Waals surface area (Å²) in [6.45, 7) is 5.39. The van der Waals surface area contributed by atoms with Crippen molar-refractivity contribution in [2.45, 2.75) is 51.6 Å². The van der Waals surface area contributed by atoms with Gasteiger partial charge < -0.3 is 10.2 Å². The second-order valence-corrected chi connectivity index (χ2v) is 8.09. The fourth-order valence-electron chi connectivity index (χ4n) is 4.54. The Morgan fingerprint density at radius 3 is 2.76 bits per heavy atom. The molecule has 6 nitrogen and oxygen atoms in total. The standard InChI is InChI=1S/C23H31N5O/c1-17(29)28-13-7-6-10-21(28)23-25-20-12-15-27(16-19(20)22(24-2)26-23)14-11-18-8-4-3-5-9-18/h3-5,8-9,21H,6-7,10-16H2,1-2H3,(H,24,25,26). The monoisotopic (exact) mass is 393 g/mol. The minimum absolute atomic E-state index is 0.00904. The number of piperidine rings is 1. The van der Waals surface area contributed by atoms with Crippen molar-refractivity contribution in [3.8, 4) is 0 Å². The quantitative estimate of drug-likeness (QED) is 0.845. The fourth-order valence-corrected chi connectivity index (χ4v) is 4.54. The first kappa shape index (κ1) is 19.8. The molecule has 154 valence electrons. The largest absolute Gasteiger partial charge is 0.373 e. The van der Waals surface area contributed by atoms with Gasteiger partial charge in [-0.3, -0.25) is 9.69 Å². The topological polar surface area (TPSA) is 61.4 Å². The first-order valence-corrected chi connectivity index (χ1v) is 10.8. The molecule has 1 fully saturated rings. The number of benzene rings is 1. The molecule has 1 atom stereocenters. The van der Waals surface area contributed by atoms with E-state index in [4.69, 9.17) is 9.97 Å². The van der Waals surface area contributed by atoms with E-state index >= 15 is 0 Å². The number of carbonyl (C=O) groups is 1. The van der Waals surface area contributed by atoms with Gasteiger partial charge in [0.1, 0.15) is 5.82 Å². The van der Waals surface area contributed by atoms with Gasteiger partial charge in [-0.2, -0.15) is 0 Å². The number of nitrogens with zero attached hydrogens (tertiary/aromatic N) is 4. The van der Waals surface area contributed by atoms with Crippen LogP contribution in [0.2, 0.25) is 0 Å². The van der Waals surface area contributed by atoms with Crippen molar-refractivity contribution < 1.29 is 4.79 Å². The Balaban J connectivity index is 1.52. The van der Waals surface area contributed by atoms with Crippen LogP contribution in [-0.2, 0) is 24.2 Å². The van der Waals surface area contributed by atoms with Gasteiger partial charge in [0.2, 0.25) is 5.91 Å². The van der Waals surface area contributed by atoms with Gasteiger partial charge in [-0.25, -0.2) is 9.97 Å². The highest BCUT2D eigenvalue weighted by Crippen LogP contribution is 2.32. The zero-order valence-electron chi connectivity index (χ0n) is 17.5. The molecule has 1 aromatic heterocycles. The van der Waals surface area contributed by atoms with Gasteiger partial charge in [0, 0.05) is 52.1 Å². The summed E-state index contributed by atoms with van der Waals surface area (Å²) in [5.41, 5.74) is 3.73. The minimum atomic E-state index is 0.00904. The van der Waals surface area contributed by atoms with Gasteiger partial charge >= 0.3 is 0 Å². The second-order valence-electron chi connectivity index (χ2n) is 8.09. The van der Waals surface area contributed by atoms with E-state index in [2.05, 4.69) is 40.5 Å². The van der Waals surface area contributed by atoms with Crippen LogP contribution in [0.25, 0.3) is 0 Å². The van der Waals surface area contributed by atoms with Crippen molar-refractivity contribution in [3.05, 3.63) is 53.0 Å². The number of carbonyl (C=O) groups excluding carboxylic acids is 1. The van der Waals surface area contributed by atoms with Crippen LogP contribution in [0, 0.1) is 0 Å². The Morgan fingerprint density at radius 1 is 1.17 bits per heavy atom. The maximum Gasteiger partial charge on any atom is 0.220 e. The predicted octanol–water partition coefficient (Wildman–Crippen LogP) is 3.19. The third kappa shape index (κ3) is 4.42. The van der Waals surface area contributed by atoms with Crippen LogP contribution in [0.3, 0.4) is 0 Å². The average Bonchev–Trinajstić information content (AvgIpc) is 2.77. The molecule has 1 N–H and O–H groups in total. The molecule has 1 amide bonds. The summed E-state index contributed by atoms with van der Waals surface area (Å²) < 4.78 is 0. The maximum absolute atomic E-state index is 12.1. The number of aromatic nitrogens is 2. The molecule has 0 spiro atoms. The van der Waals surface area contributed by atoms with Gasteiger partial charge in [0.05, 0.1) is 11.7 Å². The van der Waals surface area contributed by atoms with Crippen LogP contribution in [0.1, 0.15) is 54.9 Å². The molecule has 1 saturated heterocycles. The van der Waals surface area contributed by atoms with Crippen molar-refractivity contribution in [1.82, 2.24) is 19.8 Å². The number of fused-ring (bicyclic) bond motifs is 1. The third-order valence-electron chi connectivity index (χ3n) is 6.16. The first-order chi connectivity index (χ1) is 14.2. The minimum Gasteiger partial charge on any atom is -0.373 e. The van der Waals surface area contributed by atoms with Gasteiger partial charge in [0.25, 0.3) is 0 Å². The zero-order chi connectivity index (χ0) is 20.2. The number of amides is 1. The summed E-state index contributed by atoms with van der Waals surface area (Å²) >= 11 is 0. The normalized spacial score (nSPS) is 19.7. The molecule has 1 aromatic carbocycles. The molecule has 0 radical (unpaired) electrons. The van der Waals surface area contributed by atoms with E-state index in [1.165, 1.54) is 11.1 Å². The summed E-state index contributed by atoms with van der Waals surface area (Å²) in [5, 5.41) is 3.29. The Labute approximate surface area is 173 Å². The molecular weight excluding hydrogens is 362 g/mol. The molecule has 2 aliphatic rings. The smallest absolute Gasteiger partial charge is 0.220 e. The lowest BCUT2D eigenvalue weighted by Crippen LogP contribution is -2.39. The number of nitrogens with one attached hydrogen (secondary N) is 1. The van der Waals surface area contributed by atoms with Gasteiger partial charge in [-0.05, 0) is 31.2 Å². The van der Waals surface area contributed by atoms with E-state index in [-0.39, 0.29) is 11.9 Å². The molecule has 29 heavy (non-hydrogen) atoms. The summed E-state index contributed by atoms with van der Waals surface area (Å²) in [6, 6.07) is 10.7. The van der Waals surface area contributed by atoms with Crippen molar-refractivity contribution in [3.63, 3.8) is 0 Å². The number of hydrogen-bond donors (Lipinski definition) is 1. The molecule has 6 heteroatoms. The SMILES string of the molecule is CNc1nc(C2CCCCN2C(C)=O)nc2c1CN(CCc1ccccc1)CC2. The third-order valence-corrected chi connectivity index (χ3v) is 6.16. The molecule has 2 aromatic rings. The van der Waals surface area contributed by atoms with Crippen molar-refractivity contribution in [1.29, 1.82) is 0 Å². The summed E-state index contributed by atoms with van der Waals surface area (Å²) in [7, 11) is 1.93. The highest BCUT2D eigenvalue weighted by Gasteiger charge is 2.30. The average molecular weight is 394 g/mol. The number of likely N-dealkylation sites (tertiary alicyclic amines) is 1. The van der Waals surface area contributed by atoms with Crippen LogP contribution < -0.4 is 5.32 Å². The number of hydrogen-bond acceptors (Lipinski definition) is 5. The Hall–Kier alpha value is -2.47. The van der Waals surface area contributed by atoms with Gasteiger partial charge in [-0.15, -0.1) is 0 Å². The molecule has 4 rings (SSSR count). The molecule has 1 unspecified atom stereocenters. The van der Waals surface area contributed by atoms with E-state index in [0.717, 1.165) is 75.6 Å². The zero-order valence-corrected chi connectivity index (χ0v) is 17.5. The summed E-state index contributed by atoms with van der Waals surface area (Å²) in [4.78, 5) is 26.4. The number of anilines is 1. The Kier molecular flexibility index (Phi) is 6.09. The van der Waals surface area contributed by atoms with E-state index in [1.807, 2.05) is 11.9 Å². The molecule has 0 aliphatic carbocycles. The first-order valence-electron chi connectivity index (χ1n) is 10.8. The van der Waals surface area contributed by atoms with Crippen LogP contribution in [0.4, 0.5) is 5.82 Å². The van der Waals surface area contributed by atoms with Crippen molar-refractivity contribution in [2.24, 2.45) is 0 Å². The van der Waals surface area contributed by atoms with Crippen LogP contribution in [-0.4, -0.2) is 52.4 Å². The molecular formula is C23H31N5O. The lowest BCUT2D eigenvalue weighted by Gasteiger charge is -2.35. The van der Waals surface area contributed by atoms with Crippen molar-refractivity contribution in [2.75, 3.05) is 32.0 Å².